The number of carbonyl (C=O) groups excluding carboxylic acids is 4. The molecule has 0 aliphatic carbocycles. The van der Waals surface area contributed by atoms with Crippen LogP contribution in [0.25, 0.3) is 0 Å². The van der Waals surface area contributed by atoms with Crippen LogP contribution in [-0.4, -0.2) is 68.2 Å². The fraction of sp³-hybridized carbons (Fsp3) is 0.433. The number of rotatable bonds is 11. The van der Waals surface area contributed by atoms with Crippen molar-refractivity contribution in [3.63, 3.8) is 0 Å². The number of halogens is 1. The lowest BCUT2D eigenvalue weighted by atomic mass is 9.89. The first kappa shape index (κ1) is 32.6. The molecule has 1 aliphatic rings. The van der Waals surface area contributed by atoms with Crippen molar-refractivity contribution in [3.8, 4) is 0 Å². The summed E-state index contributed by atoms with van der Waals surface area (Å²) in [5.41, 5.74) is 3.36. The topological polar surface area (TPSA) is 136 Å². The number of nitrogens with zero attached hydrogens (tertiary/aromatic N) is 1. The molecule has 1 aliphatic heterocycles. The molecule has 0 spiro atoms. The molecular weight excluding hydrogens is 570 g/mol. The average molecular weight is 604 g/mol. The third kappa shape index (κ3) is 9.28. The molecular formula is C30H34ClNO10. The zero-order valence-corrected chi connectivity index (χ0v) is 24.8. The van der Waals surface area contributed by atoms with E-state index in [0.29, 0.717) is 23.4 Å². The van der Waals surface area contributed by atoms with Gasteiger partial charge in [0.1, 0.15) is 25.9 Å². The zero-order chi connectivity index (χ0) is 30.8. The summed E-state index contributed by atoms with van der Waals surface area (Å²) >= 11 is 6.57. The molecule has 5 atom stereocenters. The molecule has 0 N–H and O–H groups in total. The molecule has 226 valence electrons. The van der Waals surface area contributed by atoms with Crippen molar-refractivity contribution in [2.75, 3.05) is 13.7 Å². The molecule has 0 unspecified atom stereocenters. The van der Waals surface area contributed by atoms with Crippen LogP contribution in [0.3, 0.4) is 0 Å². The predicted octanol–water partition coefficient (Wildman–Crippen LogP) is 3.90. The molecule has 0 saturated carbocycles. The number of esters is 4. The second kappa shape index (κ2) is 15.3. The molecule has 0 aromatic heterocycles. The first-order valence-electron chi connectivity index (χ1n) is 13.2. The fourth-order valence-electron chi connectivity index (χ4n) is 4.63. The van der Waals surface area contributed by atoms with Gasteiger partial charge < -0.3 is 28.5 Å². The predicted molar refractivity (Wildman–Crippen MR) is 151 cm³/mol. The summed E-state index contributed by atoms with van der Waals surface area (Å²) < 4.78 is 28.1. The molecule has 11 nitrogen and oxygen atoms in total. The van der Waals surface area contributed by atoms with Crippen LogP contribution < -0.4 is 0 Å². The van der Waals surface area contributed by atoms with Gasteiger partial charge in [0.25, 0.3) is 0 Å². The highest BCUT2D eigenvalue weighted by Crippen LogP contribution is 2.39. The SMILES string of the molecule is CON=CCc1ccc(Cc2cc([C@@H]3O[C@H](COC(C)=O)[C@@H](OC(C)=O)[C@H](OC(C)=O)[C@H]3OC(C)=O)ccc2Cl)cc1. The van der Waals surface area contributed by atoms with E-state index < -0.39 is 54.4 Å². The minimum atomic E-state index is -1.26. The molecule has 1 saturated heterocycles. The van der Waals surface area contributed by atoms with Crippen molar-refractivity contribution < 1.29 is 47.7 Å². The number of hydrogen-bond acceptors (Lipinski definition) is 11. The normalized spacial score (nSPS) is 21.8. The number of benzene rings is 2. The molecule has 42 heavy (non-hydrogen) atoms. The van der Waals surface area contributed by atoms with E-state index in [1.165, 1.54) is 34.8 Å². The Morgan fingerprint density at radius 1 is 0.833 bits per heavy atom. The van der Waals surface area contributed by atoms with Gasteiger partial charge in [-0.1, -0.05) is 53.2 Å². The van der Waals surface area contributed by atoms with Crippen molar-refractivity contribution in [2.45, 2.75) is 71.1 Å². The molecule has 2 aromatic carbocycles. The largest absolute Gasteiger partial charge is 0.463 e. The van der Waals surface area contributed by atoms with Gasteiger partial charge in [-0.05, 0) is 34.7 Å². The van der Waals surface area contributed by atoms with E-state index in [1.807, 2.05) is 30.3 Å². The van der Waals surface area contributed by atoms with Crippen molar-refractivity contribution in [1.82, 2.24) is 0 Å². The van der Waals surface area contributed by atoms with Gasteiger partial charge >= 0.3 is 23.9 Å². The number of ether oxygens (including phenoxy) is 5. The van der Waals surface area contributed by atoms with Crippen LogP contribution in [0.2, 0.25) is 5.02 Å². The van der Waals surface area contributed by atoms with Crippen LogP contribution in [0.1, 0.15) is 56.1 Å². The summed E-state index contributed by atoms with van der Waals surface area (Å²) in [5, 5.41) is 4.25. The highest BCUT2D eigenvalue weighted by Gasteiger charge is 2.52. The number of carbonyl (C=O) groups is 4. The Labute approximate surface area is 249 Å². The molecule has 2 aromatic rings. The standard InChI is InChI=1S/C30H34ClNO10/c1-17(33)38-16-26-28(39-18(2)34)30(41-20(4)36)29(40-19(3)35)27(42-26)23-10-11-25(31)24(15-23)14-22-8-6-21(7-9-22)12-13-32-37-5/h6-11,13,15,26-30H,12,14,16H2,1-5H3/t26-,27+,28-,29+,30+/m1/s1. The average Bonchev–Trinajstić information content (AvgIpc) is 2.91. The maximum atomic E-state index is 12.2. The first-order chi connectivity index (χ1) is 20.0. The Balaban J connectivity index is 1.99. The Morgan fingerprint density at radius 2 is 1.43 bits per heavy atom. The Bertz CT molecular complexity index is 1300. The zero-order valence-electron chi connectivity index (χ0n) is 24.0. The van der Waals surface area contributed by atoms with Crippen molar-refractivity contribution in [2.24, 2.45) is 5.16 Å². The Hall–Kier alpha value is -3.96. The monoisotopic (exact) mass is 603 g/mol. The molecule has 0 bridgehead atoms. The van der Waals surface area contributed by atoms with E-state index >= 15 is 0 Å². The summed E-state index contributed by atoms with van der Waals surface area (Å²) in [6, 6.07) is 13.1. The van der Waals surface area contributed by atoms with Crippen LogP contribution in [0, 0.1) is 0 Å². The summed E-state index contributed by atoms with van der Waals surface area (Å²) in [7, 11) is 1.49. The van der Waals surface area contributed by atoms with Gasteiger partial charge in [0.15, 0.2) is 18.3 Å². The number of hydrogen-bond donors (Lipinski definition) is 0. The summed E-state index contributed by atoms with van der Waals surface area (Å²) in [5.74, 6) is -2.65. The van der Waals surface area contributed by atoms with Crippen LogP contribution in [-0.2, 0) is 60.5 Å². The van der Waals surface area contributed by atoms with Crippen molar-refractivity contribution >= 4 is 41.7 Å². The number of oxime groups is 1. The van der Waals surface area contributed by atoms with Gasteiger partial charge in [0.05, 0.1) is 0 Å². The summed E-state index contributed by atoms with van der Waals surface area (Å²) in [4.78, 5) is 52.6. The van der Waals surface area contributed by atoms with Gasteiger partial charge in [-0.2, -0.15) is 0 Å². The third-order valence-electron chi connectivity index (χ3n) is 6.31. The van der Waals surface area contributed by atoms with Gasteiger partial charge in [0, 0.05) is 45.4 Å². The van der Waals surface area contributed by atoms with Crippen molar-refractivity contribution in [1.29, 1.82) is 0 Å². The van der Waals surface area contributed by atoms with Crippen LogP contribution >= 0.6 is 11.6 Å². The minimum Gasteiger partial charge on any atom is -0.463 e. The fourth-order valence-corrected chi connectivity index (χ4v) is 4.82. The van der Waals surface area contributed by atoms with E-state index in [2.05, 4.69) is 5.16 Å². The highest BCUT2D eigenvalue weighted by atomic mass is 35.5. The minimum absolute atomic E-state index is 0.309. The third-order valence-corrected chi connectivity index (χ3v) is 6.68. The Kier molecular flexibility index (Phi) is 11.9. The van der Waals surface area contributed by atoms with E-state index in [4.69, 9.17) is 40.1 Å². The second-order valence-electron chi connectivity index (χ2n) is 9.64. The molecule has 1 fully saturated rings. The summed E-state index contributed by atoms with van der Waals surface area (Å²) in [6.45, 7) is 4.46. The van der Waals surface area contributed by atoms with Gasteiger partial charge in [0.2, 0.25) is 0 Å². The van der Waals surface area contributed by atoms with Gasteiger partial charge in [-0.25, -0.2) is 0 Å². The van der Waals surface area contributed by atoms with Crippen LogP contribution in [0.4, 0.5) is 0 Å². The lowest BCUT2D eigenvalue weighted by Gasteiger charge is -2.44. The maximum absolute atomic E-state index is 12.2. The quantitative estimate of drug-likeness (QED) is 0.161. The second-order valence-corrected chi connectivity index (χ2v) is 10.0. The molecule has 0 amide bonds. The van der Waals surface area contributed by atoms with Gasteiger partial charge in [-0.15, -0.1) is 0 Å². The van der Waals surface area contributed by atoms with E-state index in [1.54, 1.807) is 18.3 Å². The lowest BCUT2D eigenvalue weighted by molar-refractivity contribution is -0.254. The first-order valence-corrected chi connectivity index (χ1v) is 13.6. The molecule has 0 radical (unpaired) electrons. The van der Waals surface area contributed by atoms with Gasteiger partial charge in [-0.3, -0.25) is 19.2 Å². The van der Waals surface area contributed by atoms with Crippen molar-refractivity contribution in [3.05, 3.63) is 69.7 Å². The lowest BCUT2D eigenvalue weighted by Crippen LogP contribution is -2.59. The van der Waals surface area contributed by atoms with E-state index in [0.717, 1.165) is 16.7 Å². The molecule has 1 heterocycles. The molecule has 3 rings (SSSR count). The molecule has 12 heteroatoms. The van der Waals surface area contributed by atoms with Crippen LogP contribution in [0.15, 0.2) is 47.6 Å². The van der Waals surface area contributed by atoms with Crippen LogP contribution in [0.5, 0.6) is 0 Å². The van der Waals surface area contributed by atoms with E-state index in [-0.39, 0.29) is 6.61 Å². The smallest absolute Gasteiger partial charge is 0.303 e. The van der Waals surface area contributed by atoms with E-state index in [9.17, 15) is 19.2 Å². The maximum Gasteiger partial charge on any atom is 0.303 e. The highest BCUT2D eigenvalue weighted by molar-refractivity contribution is 6.31. The Morgan fingerprint density at radius 3 is 2.02 bits per heavy atom. The summed E-state index contributed by atoms with van der Waals surface area (Å²) in [6.07, 6.45) is -2.98.